The number of carboxylic acids is 1. The van der Waals surface area contributed by atoms with Crippen LogP contribution in [0, 0.1) is 5.92 Å². The molecule has 0 saturated heterocycles. The maximum atomic E-state index is 12.7. The summed E-state index contributed by atoms with van der Waals surface area (Å²) < 4.78 is 10.6. The van der Waals surface area contributed by atoms with Crippen molar-refractivity contribution in [3.05, 3.63) is 59.7 Å². The van der Waals surface area contributed by atoms with Crippen molar-refractivity contribution in [1.29, 1.82) is 0 Å². The van der Waals surface area contributed by atoms with Gasteiger partial charge in [0, 0.05) is 19.1 Å². The summed E-state index contributed by atoms with van der Waals surface area (Å²) in [6, 6.07) is 14.6. The van der Waals surface area contributed by atoms with E-state index in [-0.39, 0.29) is 31.5 Å². The number of ether oxygens (including phenoxy) is 2. The first kappa shape index (κ1) is 22.8. The average molecular weight is 453 g/mol. The van der Waals surface area contributed by atoms with Crippen molar-refractivity contribution >= 4 is 18.0 Å². The molecular weight excluding hydrogens is 424 g/mol. The molecule has 2 atom stereocenters. The topological polar surface area (TPSA) is 114 Å². The van der Waals surface area contributed by atoms with Gasteiger partial charge in [-0.05, 0) is 41.0 Å². The molecule has 8 heteroatoms. The number of aliphatic carboxylic acids is 1. The molecule has 3 N–H and O–H groups in total. The molecule has 4 rings (SSSR count). The number of carbonyl (C=O) groups is 3. The van der Waals surface area contributed by atoms with E-state index < -0.39 is 30.1 Å². The number of benzene rings is 2. The van der Waals surface area contributed by atoms with Gasteiger partial charge in [0.1, 0.15) is 12.6 Å². The van der Waals surface area contributed by atoms with E-state index in [4.69, 9.17) is 14.6 Å². The van der Waals surface area contributed by atoms with E-state index in [1.807, 2.05) is 36.4 Å². The molecule has 174 valence electrons. The maximum Gasteiger partial charge on any atom is 0.407 e. The molecule has 0 radical (unpaired) electrons. The minimum Gasteiger partial charge on any atom is -0.481 e. The molecular formula is C25H28N2O6. The van der Waals surface area contributed by atoms with Crippen LogP contribution in [-0.2, 0) is 19.1 Å². The monoisotopic (exact) mass is 452 g/mol. The van der Waals surface area contributed by atoms with E-state index in [0.717, 1.165) is 35.1 Å². The predicted octanol–water partition coefficient (Wildman–Crippen LogP) is 2.91. The van der Waals surface area contributed by atoms with Gasteiger partial charge in [-0.25, -0.2) is 4.79 Å². The van der Waals surface area contributed by atoms with Crippen molar-refractivity contribution in [2.45, 2.75) is 37.3 Å². The summed E-state index contributed by atoms with van der Waals surface area (Å²) >= 11 is 0. The summed E-state index contributed by atoms with van der Waals surface area (Å²) in [7, 11) is 1.43. The van der Waals surface area contributed by atoms with Gasteiger partial charge >= 0.3 is 12.1 Å². The first-order chi connectivity index (χ1) is 16.0. The molecule has 8 nitrogen and oxygen atoms in total. The number of carboxylic acid groups (broad SMARTS) is 1. The van der Waals surface area contributed by atoms with E-state index in [9.17, 15) is 14.4 Å². The van der Waals surface area contributed by atoms with Crippen LogP contribution in [0.1, 0.15) is 36.3 Å². The van der Waals surface area contributed by atoms with Crippen molar-refractivity contribution in [3.63, 3.8) is 0 Å². The zero-order valence-electron chi connectivity index (χ0n) is 18.5. The molecule has 0 bridgehead atoms. The lowest BCUT2D eigenvalue weighted by Crippen LogP contribution is -2.52. The van der Waals surface area contributed by atoms with Gasteiger partial charge in [-0.2, -0.15) is 0 Å². The van der Waals surface area contributed by atoms with Crippen LogP contribution >= 0.6 is 0 Å². The predicted molar refractivity (Wildman–Crippen MR) is 121 cm³/mol. The van der Waals surface area contributed by atoms with Gasteiger partial charge in [-0.3, -0.25) is 9.59 Å². The van der Waals surface area contributed by atoms with Crippen molar-refractivity contribution in [1.82, 2.24) is 10.6 Å². The zero-order chi connectivity index (χ0) is 23.4. The molecule has 2 aromatic rings. The second-order valence-electron chi connectivity index (χ2n) is 8.53. The lowest BCUT2D eigenvalue weighted by Gasteiger charge is -2.22. The smallest absolute Gasteiger partial charge is 0.407 e. The molecule has 0 aliphatic heterocycles. The Kier molecular flexibility index (Phi) is 6.93. The van der Waals surface area contributed by atoms with Gasteiger partial charge in [-0.1, -0.05) is 48.5 Å². The second kappa shape index (κ2) is 10.0. The highest BCUT2D eigenvalue weighted by molar-refractivity contribution is 5.86. The highest BCUT2D eigenvalue weighted by Crippen LogP contribution is 2.44. The normalized spacial score (nSPS) is 16.3. The van der Waals surface area contributed by atoms with Crippen LogP contribution in [0.2, 0.25) is 0 Å². The number of methoxy groups -OCH3 is 1. The molecule has 1 fully saturated rings. The highest BCUT2D eigenvalue weighted by Gasteiger charge is 2.35. The second-order valence-corrected chi connectivity index (χ2v) is 8.53. The number of alkyl carbamates (subject to hydrolysis) is 1. The van der Waals surface area contributed by atoms with Crippen LogP contribution in [0.4, 0.5) is 4.79 Å². The Morgan fingerprint density at radius 1 is 1.00 bits per heavy atom. The Balaban J connectivity index is 1.37. The van der Waals surface area contributed by atoms with Gasteiger partial charge in [0.2, 0.25) is 5.91 Å². The summed E-state index contributed by atoms with van der Waals surface area (Å²) in [5.41, 5.74) is 4.45. The molecule has 1 unspecified atom stereocenters. The van der Waals surface area contributed by atoms with Gasteiger partial charge in [0.25, 0.3) is 0 Å². The quantitative estimate of drug-likeness (QED) is 0.511. The minimum atomic E-state index is -0.985. The van der Waals surface area contributed by atoms with Crippen LogP contribution < -0.4 is 10.6 Å². The highest BCUT2D eigenvalue weighted by atomic mass is 16.5. The minimum absolute atomic E-state index is 0.0551. The Morgan fingerprint density at radius 2 is 1.61 bits per heavy atom. The third-order valence-electron chi connectivity index (χ3n) is 6.20. The molecule has 2 aliphatic carbocycles. The Morgan fingerprint density at radius 3 is 2.15 bits per heavy atom. The summed E-state index contributed by atoms with van der Waals surface area (Å²) in [5.74, 6) is -1.39. The molecule has 33 heavy (non-hydrogen) atoms. The molecule has 2 aliphatic rings. The van der Waals surface area contributed by atoms with E-state index in [1.54, 1.807) is 0 Å². The van der Waals surface area contributed by atoms with Crippen molar-refractivity contribution in [3.8, 4) is 11.1 Å². The van der Waals surface area contributed by atoms with Gasteiger partial charge < -0.3 is 25.2 Å². The van der Waals surface area contributed by atoms with Crippen LogP contribution in [0.15, 0.2) is 48.5 Å². The Bertz CT molecular complexity index is 990. The number of amides is 2. The number of hydrogen-bond donors (Lipinski definition) is 3. The van der Waals surface area contributed by atoms with Crippen LogP contribution in [-0.4, -0.2) is 55.5 Å². The molecule has 2 aromatic carbocycles. The molecule has 0 spiro atoms. The molecule has 0 heterocycles. The summed E-state index contributed by atoms with van der Waals surface area (Å²) in [4.78, 5) is 36.4. The lowest BCUT2D eigenvalue weighted by molar-refractivity contribution is -0.138. The van der Waals surface area contributed by atoms with Gasteiger partial charge in [0.05, 0.1) is 13.0 Å². The lowest BCUT2D eigenvalue weighted by atomic mass is 9.98. The fraction of sp³-hybridized carbons (Fsp3) is 0.400. The van der Waals surface area contributed by atoms with Crippen molar-refractivity contribution in [2.75, 3.05) is 20.3 Å². The van der Waals surface area contributed by atoms with Crippen molar-refractivity contribution < 1.29 is 29.0 Å². The third kappa shape index (κ3) is 5.34. The zero-order valence-corrected chi connectivity index (χ0v) is 18.5. The maximum absolute atomic E-state index is 12.7. The van der Waals surface area contributed by atoms with Crippen LogP contribution in [0.25, 0.3) is 11.1 Å². The standard InChI is InChI=1S/C25H28N2O6/c1-32-14-22(24(30)26-21(12-23(28)29)15-10-11-15)27-25(31)33-13-20-18-8-4-2-6-16(18)17-7-3-5-9-19(17)20/h2-9,15,20-22H,10-14H2,1H3,(H,26,30)(H,27,31)(H,28,29)/t21?,22-/m0/s1. The van der Waals surface area contributed by atoms with Crippen molar-refractivity contribution in [2.24, 2.45) is 5.92 Å². The molecule has 0 aromatic heterocycles. The van der Waals surface area contributed by atoms with Gasteiger partial charge in [0.15, 0.2) is 0 Å². The fourth-order valence-corrected chi connectivity index (χ4v) is 4.44. The van der Waals surface area contributed by atoms with Gasteiger partial charge in [-0.15, -0.1) is 0 Å². The van der Waals surface area contributed by atoms with Crippen LogP contribution in [0.5, 0.6) is 0 Å². The van der Waals surface area contributed by atoms with E-state index in [0.29, 0.717) is 0 Å². The number of fused-ring (bicyclic) bond motifs is 3. The summed E-state index contributed by atoms with van der Waals surface area (Å²) in [5, 5.41) is 14.4. The third-order valence-corrected chi connectivity index (χ3v) is 6.20. The molecule has 2 amide bonds. The Labute approximate surface area is 192 Å². The fourth-order valence-electron chi connectivity index (χ4n) is 4.44. The summed E-state index contributed by atoms with van der Waals surface area (Å²) in [6.45, 7) is 0.0748. The van der Waals surface area contributed by atoms with E-state index in [1.165, 1.54) is 7.11 Å². The average Bonchev–Trinajstić information content (AvgIpc) is 3.60. The Hall–Kier alpha value is -3.39. The van der Waals surface area contributed by atoms with Crippen LogP contribution in [0.3, 0.4) is 0 Å². The number of hydrogen-bond acceptors (Lipinski definition) is 5. The number of nitrogens with one attached hydrogen (secondary N) is 2. The number of carbonyl (C=O) groups excluding carboxylic acids is 2. The largest absolute Gasteiger partial charge is 0.481 e. The SMILES string of the molecule is COC[C@H](NC(=O)OCC1c2ccccc2-c2ccccc21)C(=O)NC(CC(=O)O)C1CC1. The first-order valence-corrected chi connectivity index (χ1v) is 11.1. The number of rotatable bonds is 10. The first-order valence-electron chi connectivity index (χ1n) is 11.1. The summed E-state index contributed by atoms with van der Waals surface area (Å²) in [6.07, 6.45) is 0.886. The molecule has 1 saturated carbocycles. The van der Waals surface area contributed by atoms with E-state index >= 15 is 0 Å². The van der Waals surface area contributed by atoms with E-state index in [2.05, 4.69) is 22.8 Å².